The lowest BCUT2D eigenvalue weighted by molar-refractivity contribution is 0.339. The molecule has 1 saturated heterocycles. The molecule has 1 atom stereocenters. The third-order valence-electron chi connectivity index (χ3n) is 3.32. The number of piperidine rings is 1. The van der Waals surface area contributed by atoms with E-state index in [4.69, 9.17) is 0 Å². The van der Waals surface area contributed by atoms with Gasteiger partial charge in [0.2, 0.25) is 0 Å². The Morgan fingerprint density at radius 1 is 1.25 bits per heavy atom. The number of H-pyrrole nitrogens is 1. The van der Waals surface area contributed by atoms with Crippen LogP contribution in [0.2, 0.25) is 0 Å². The second-order valence-electron chi connectivity index (χ2n) is 4.45. The molecule has 0 saturated carbocycles. The minimum atomic E-state index is 0.601. The number of benzene rings is 1. The lowest BCUT2D eigenvalue weighted by Crippen LogP contribution is -2.25. The summed E-state index contributed by atoms with van der Waals surface area (Å²) in [5.74, 6) is 1.77. The molecule has 1 unspecified atom stereocenters. The van der Waals surface area contributed by atoms with Gasteiger partial charge in [-0.25, -0.2) is 4.98 Å². The smallest absolute Gasteiger partial charge is 0.110 e. The van der Waals surface area contributed by atoms with Crippen molar-refractivity contribution < 1.29 is 0 Å². The van der Waals surface area contributed by atoms with Crippen molar-refractivity contribution in [3.8, 4) is 0 Å². The maximum Gasteiger partial charge on any atom is 0.110 e. The number of nitrogens with one attached hydrogen (secondary N) is 1. The minimum Gasteiger partial charge on any atom is -0.342 e. The Morgan fingerprint density at radius 2 is 2.00 bits per heavy atom. The Morgan fingerprint density at radius 3 is 2.75 bits per heavy atom. The van der Waals surface area contributed by atoms with E-state index in [0.717, 1.165) is 24.1 Å². The summed E-state index contributed by atoms with van der Waals surface area (Å²) in [6.45, 7) is 2.29. The van der Waals surface area contributed by atoms with Crippen LogP contribution in [-0.4, -0.2) is 27.7 Å². The van der Waals surface area contributed by atoms with Gasteiger partial charge in [0.1, 0.15) is 5.82 Å². The predicted octanol–water partition coefficient (Wildman–Crippen LogP) is 2.53. The molecule has 4 heteroatoms. The van der Waals surface area contributed by atoms with Gasteiger partial charge in [-0.15, -0.1) is 0 Å². The first kappa shape index (κ1) is 10.2. The molecular formula is C12H16N3P. The van der Waals surface area contributed by atoms with E-state index in [-0.39, 0.29) is 0 Å². The quantitative estimate of drug-likeness (QED) is 0.767. The Labute approximate surface area is 97.5 Å². The molecule has 2 aromatic rings. The van der Waals surface area contributed by atoms with Crippen molar-refractivity contribution in [1.29, 1.82) is 0 Å². The molecule has 3 nitrogen and oxygen atoms in total. The van der Waals surface area contributed by atoms with Crippen LogP contribution in [0.1, 0.15) is 24.6 Å². The molecule has 84 valence electrons. The Kier molecular flexibility index (Phi) is 2.66. The summed E-state index contributed by atoms with van der Waals surface area (Å²) in [5.41, 5.74) is 2.25. The second-order valence-corrected chi connectivity index (χ2v) is 5.18. The van der Waals surface area contributed by atoms with E-state index >= 15 is 0 Å². The first-order chi connectivity index (χ1) is 7.83. The van der Waals surface area contributed by atoms with E-state index < -0.39 is 0 Å². The highest BCUT2D eigenvalue weighted by Crippen LogP contribution is 2.28. The number of hydrogen-bond donors (Lipinski definition) is 1. The van der Waals surface area contributed by atoms with Crippen molar-refractivity contribution >= 4 is 20.4 Å². The monoisotopic (exact) mass is 233 g/mol. The molecule has 1 aromatic heterocycles. The maximum atomic E-state index is 4.68. The van der Waals surface area contributed by atoms with Crippen LogP contribution in [0.25, 0.3) is 11.0 Å². The molecule has 3 rings (SSSR count). The van der Waals surface area contributed by atoms with Crippen LogP contribution in [0.15, 0.2) is 24.3 Å². The average molecular weight is 233 g/mol. The lowest BCUT2D eigenvalue weighted by Gasteiger charge is -2.27. The summed E-state index contributed by atoms with van der Waals surface area (Å²) < 4.78 is 2.30. The molecule has 0 spiro atoms. The summed E-state index contributed by atoms with van der Waals surface area (Å²) in [6.07, 6.45) is 2.40. The van der Waals surface area contributed by atoms with Crippen LogP contribution < -0.4 is 0 Å². The molecule has 0 bridgehead atoms. The van der Waals surface area contributed by atoms with Gasteiger partial charge >= 0.3 is 0 Å². The molecule has 0 radical (unpaired) electrons. The maximum absolute atomic E-state index is 4.68. The van der Waals surface area contributed by atoms with Gasteiger partial charge in [0.25, 0.3) is 0 Å². The van der Waals surface area contributed by atoms with E-state index in [2.05, 4.69) is 42.2 Å². The fraction of sp³-hybridized carbons (Fsp3) is 0.417. The van der Waals surface area contributed by atoms with Crippen molar-refractivity contribution in [3.63, 3.8) is 0 Å². The normalized spacial score (nSPS) is 19.3. The van der Waals surface area contributed by atoms with E-state index in [9.17, 15) is 0 Å². The van der Waals surface area contributed by atoms with Gasteiger partial charge in [-0.1, -0.05) is 21.5 Å². The van der Waals surface area contributed by atoms with E-state index in [1.165, 1.54) is 18.7 Å². The second kappa shape index (κ2) is 4.15. The fourth-order valence-electron chi connectivity index (χ4n) is 2.34. The summed E-state index contributed by atoms with van der Waals surface area (Å²) in [5, 5.41) is 0. The van der Waals surface area contributed by atoms with Gasteiger partial charge in [-0.05, 0) is 25.0 Å². The highest BCUT2D eigenvalue weighted by molar-refractivity contribution is 7.13. The number of aromatic amines is 1. The van der Waals surface area contributed by atoms with Crippen LogP contribution in [-0.2, 0) is 0 Å². The number of fused-ring (bicyclic) bond motifs is 1. The molecular weight excluding hydrogens is 217 g/mol. The van der Waals surface area contributed by atoms with Gasteiger partial charge < -0.3 is 4.98 Å². The minimum absolute atomic E-state index is 0.601. The van der Waals surface area contributed by atoms with Crippen molar-refractivity contribution in [2.24, 2.45) is 0 Å². The van der Waals surface area contributed by atoms with Crippen molar-refractivity contribution in [1.82, 2.24) is 14.6 Å². The summed E-state index contributed by atoms with van der Waals surface area (Å²) in [7, 11) is 2.78. The number of hydrogen-bond acceptors (Lipinski definition) is 2. The number of para-hydroxylation sites is 2. The van der Waals surface area contributed by atoms with Gasteiger partial charge in [-0.3, -0.25) is 4.67 Å². The largest absolute Gasteiger partial charge is 0.342 e. The lowest BCUT2D eigenvalue weighted by atomic mass is 9.97. The van der Waals surface area contributed by atoms with Crippen LogP contribution in [0.4, 0.5) is 0 Å². The molecule has 1 aliphatic heterocycles. The first-order valence-electron chi connectivity index (χ1n) is 5.77. The van der Waals surface area contributed by atoms with Crippen molar-refractivity contribution in [3.05, 3.63) is 30.1 Å². The van der Waals surface area contributed by atoms with Crippen molar-refractivity contribution in [2.45, 2.75) is 18.8 Å². The molecule has 16 heavy (non-hydrogen) atoms. The first-order valence-corrected chi connectivity index (χ1v) is 6.29. The van der Waals surface area contributed by atoms with Crippen LogP contribution in [0.5, 0.6) is 0 Å². The molecule has 1 aliphatic rings. The third kappa shape index (κ3) is 1.85. The highest BCUT2D eigenvalue weighted by Gasteiger charge is 2.20. The molecule has 2 heterocycles. The van der Waals surface area contributed by atoms with Gasteiger partial charge in [-0.2, -0.15) is 0 Å². The van der Waals surface area contributed by atoms with E-state index in [0.29, 0.717) is 5.92 Å². The molecule has 0 amide bonds. The highest BCUT2D eigenvalue weighted by atomic mass is 31.0. The Hall–Kier alpha value is -0.920. The Balaban J connectivity index is 1.88. The predicted molar refractivity (Wildman–Crippen MR) is 69.4 cm³/mol. The summed E-state index contributed by atoms with van der Waals surface area (Å²) in [4.78, 5) is 8.12. The van der Waals surface area contributed by atoms with E-state index in [1.807, 2.05) is 6.07 Å². The van der Waals surface area contributed by atoms with Crippen LogP contribution >= 0.6 is 9.39 Å². The zero-order valence-electron chi connectivity index (χ0n) is 9.19. The number of nitrogens with zero attached hydrogens (tertiary/aromatic N) is 2. The van der Waals surface area contributed by atoms with Crippen LogP contribution in [0.3, 0.4) is 0 Å². The van der Waals surface area contributed by atoms with Crippen LogP contribution in [0, 0.1) is 0 Å². The molecule has 0 aliphatic carbocycles. The summed E-state index contributed by atoms with van der Waals surface area (Å²) in [6, 6.07) is 8.25. The molecule has 1 N–H and O–H groups in total. The standard InChI is InChI=1S/C12H16N3P/c16-15-7-5-9(6-8-15)12-13-10-3-1-2-4-11(10)14-12/h1-4,9H,5-8,16H2,(H,13,14). The van der Waals surface area contributed by atoms with E-state index in [1.54, 1.807) is 0 Å². The number of rotatable bonds is 1. The topological polar surface area (TPSA) is 31.9 Å². The fourth-order valence-corrected chi connectivity index (χ4v) is 2.64. The van der Waals surface area contributed by atoms with Crippen molar-refractivity contribution in [2.75, 3.05) is 13.1 Å². The third-order valence-corrected chi connectivity index (χ3v) is 3.84. The average Bonchev–Trinajstić information content (AvgIpc) is 2.73. The number of imidazole rings is 1. The zero-order chi connectivity index (χ0) is 11.0. The van der Waals surface area contributed by atoms with Gasteiger partial charge in [0.05, 0.1) is 11.0 Å². The summed E-state index contributed by atoms with van der Waals surface area (Å²) >= 11 is 0. The SMILES string of the molecule is PN1CCC(c2nc3ccccc3[nH]2)CC1. The van der Waals surface area contributed by atoms with Gasteiger partial charge in [0.15, 0.2) is 0 Å². The van der Waals surface area contributed by atoms with Gasteiger partial charge in [0, 0.05) is 19.0 Å². The molecule has 1 aromatic carbocycles. The Bertz CT molecular complexity index is 453. The molecule has 1 fully saturated rings. The zero-order valence-corrected chi connectivity index (χ0v) is 10.3. The number of aromatic nitrogens is 2.